The van der Waals surface area contributed by atoms with E-state index in [-0.39, 0.29) is 5.75 Å². The molecule has 0 amide bonds. The average molecular weight is 678 g/mol. The predicted octanol–water partition coefficient (Wildman–Crippen LogP) is 10.6. The second-order valence-electron chi connectivity index (χ2n) is 12.5. The molecule has 0 radical (unpaired) electrons. The molecule has 1 aromatic heterocycles. The summed E-state index contributed by atoms with van der Waals surface area (Å²) in [5.41, 5.74) is 6.08. The molecular formula is C44H43N3O4. The second kappa shape index (κ2) is 17.2. The molecule has 0 saturated heterocycles. The van der Waals surface area contributed by atoms with E-state index in [1.54, 1.807) is 19.1 Å². The molecule has 6 rings (SSSR count). The SMILES string of the molecule is CCCCCCCCOC(=O)C(C)Oc1ccc(-c2nc(-c3ccccc3-c3ccccc3)nc(-c3ccccc3-c3ccccc3)n2)c(O)c1. The lowest BCUT2D eigenvalue weighted by Crippen LogP contribution is -2.26. The largest absolute Gasteiger partial charge is 0.507 e. The zero-order valence-electron chi connectivity index (χ0n) is 29.2. The van der Waals surface area contributed by atoms with Gasteiger partial charge in [-0.2, -0.15) is 0 Å². The Hall–Kier alpha value is -5.82. The summed E-state index contributed by atoms with van der Waals surface area (Å²) in [6.45, 7) is 4.21. The summed E-state index contributed by atoms with van der Waals surface area (Å²) in [6, 6.07) is 41.1. The summed E-state index contributed by atoms with van der Waals surface area (Å²) in [5.74, 6) is 1.05. The van der Waals surface area contributed by atoms with E-state index in [4.69, 9.17) is 24.4 Å². The molecule has 0 aliphatic rings. The lowest BCUT2D eigenvalue weighted by atomic mass is 9.98. The Morgan fingerprint density at radius 2 is 1.06 bits per heavy atom. The molecule has 0 spiro atoms. The Morgan fingerprint density at radius 1 is 0.588 bits per heavy atom. The number of hydrogen-bond donors (Lipinski definition) is 1. The van der Waals surface area contributed by atoms with Crippen LogP contribution in [0, 0.1) is 0 Å². The number of aromatic hydroxyl groups is 1. The summed E-state index contributed by atoms with van der Waals surface area (Å²) >= 11 is 0. The van der Waals surface area contributed by atoms with Crippen molar-refractivity contribution in [2.24, 2.45) is 0 Å². The van der Waals surface area contributed by atoms with Crippen LogP contribution in [0.2, 0.25) is 0 Å². The number of carbonyl (C=O) groups is 1. The molecule has 0 bridgehead atoms. The quantitative estimate of drug-likeness (QED) is 0.0854. The van der Waals surface area contributed by atoms with E-state index in [1.165, 1.54) is 25.3 Å². The smallest absolute Gasteiger partial charge is 0.347 e. The van der Waals surface area contributed by atoms with E-state index in [1.807, 2.05) is 72.8 Å². The van der Waals surface area contributed by atoms with Gasteiger partial charge in [0.25, 0.3) is 0 Å². The van der Waals surface area contributed by atoms with E-state index in [2.05, 4.69) is 43.3 Å². The molecule has 5 aromatic carbocycles. The first-order valence-electron chi connectivity index (χ1n) is 17.7. The Morgan fingerprint density at radius 3 is 1.59 bits per heavy atom. The molecular weight excluding hydrogens is 635 g/mol. The van der Waals surface area contributed by atoms with Crippen molar-refractivity contribution in [3.05, 3.63) is 127 Å². The van der Waals surface area contributed by atoms with Gasteiger partial charge in [-0.25, -0.2) is 19.7 Å². The first kappa shape index (κ1) is 35.0. The Balaban J connectivity index is 1.33. The maximum atomic E-state index is 12.6. The summed E-state index contributed by atoms with van der Waals surface area (Å²) in [7, 11) is 0. The number of phenolic OH excluding ortho intramolecular Hbond substituents is 1. The number of nitrogens with zero attached hydrogens (tertiary/aromatic N) is 3. The zero-order valence-corrected chi connectivity index (χ0v) is 29.2. The van der Waals surface area contributed by atoms with Crippen LogP contribution in [0.25, 0.3) is 56.4 Å². The van der Waals surface area contributed by atoms with Gasteiger partial charge in [0.15, 0.2) is 23.6 Å². The number of unbranched alkanes of at least 4 members (excludes halogenated alkanes) is 5. The topological polar surface area (TPSA) is 94.4 Å². The van der Waals surface area contributed by atoms with Crippen molar-refractivity contribution in [2.75, 3.05) is 6.61 Å². The number of esters is 1. The fraction of sp³-hybridized carbons (Fsp3) is 0.227. The highest BCUT2D eigenvalue weighted by Crippen LogP contribution is 2.37. The summed E-state index contributed by atoms with van der Waals surface area (Å²) in [6.07, 6.45) is 5.81. The molecule has 0 saturated carbocycles. The highest BCUT2D eigenvalue weighted by molar-refractivity contribution is 5.85. The Labute approximate surface area is 300 Å². The maximum absolute atomic E-state index is 12.6. The highest BCUT2D eigenvalue weighted by atomic mass is 16.6. The molecule has 1 heterocycles. The normalized spacial score (nSPS) is 11.6. The number of carbonyl (C=O) groups excluding carboxylic acids is 1. The van der Waals surface area contributed by atoms with E-state index in [0.717, 1.165) is 52.6 Å². The third-order valence-corrected chi connectivity index (χ3v) is 8.74. The van der Waals surface area contributed by atoms with E-state index < -0.39 is 12.1 Å². The molecule has 1 N–H and O–H groups in total. The van der Waals surface area contributed by atoms with Crippen LogP contribution < -0.4 is 4.74 Å². The van der Waals surface area contributed by atoms with Crippen molar-refractivity contribution in [1.82, 2.24) is 15.0 Å². The van der Waals surface area contributed by atoms with Crippen LogP contribution in [0.15, 0.2) is 127 Å². The molecule has 1 unspecified atom stereocenters. The summed E-state index contributed by atoms with van der Waals surface area (Å²) < 4.78 is 11.3. The maximum Gasteiger partial charge on any atom is 0.347 e. The monoisotopic (exact) mass is 677 g/mol. The molecule has 1 atom stereocenters. The molecule has 51 heavy (non-hydrogen) atoms. The molecule has 7 heteroatoms. The number of aromatic nitrogens is 3. The fourth-order valence-corrected chi connectivity index (χ4v) is 6.03. The van der Waals surface area contributed by atoms with Gasteiger partial charge >= 0.3 is 5.97 Å². The number of phenols is 1. The van der Waals surface area contributed by atoms with Crippen LogP contribution in [0.3, 0.4) is 0 Å². The van der Waals surface area contributed by atoms with Crippen LogP contribution in [-0.4, -0.2) is 38.7 Å². The zero-order chi connectivity index (χ0) is 35.4. The van der Waals surface area contributed by atoms with Gasteiger partial charge < -0.3 is 14.6 Å². The fourth-order valence-electron chi connectivity index (χ4n) is 6.03. The lowest BCUT2D eigenvalue weighted by Gasteiger charge is -2.16. The minimum Gasteiger partial charge on any atom is -0.507 e. The second-order valence-corrected chi connectivity index (χ2v) is 12.5. The van der Waals surface area contributed by atoms with Crippen molar-refractivity contribution in [2.45, 2.75) is 58.5 Å². The number of ether oxygens (including phenoxy) is 2. The Bertz CT molecular complexity index is 1950. The Kier molecular flexibility index (Phi) is 11.8. The summed E-state index contributed by atoms with van der Waals surface area (Å²) in [4.78, 5) is 27.5. The number of hydrogen-bond acceptors (Lipinski definition) is 7. The highest BCUT2D eigenvalue weighted by Gasteiger charge is 2.21. The first-order chi connectivity index (χ1) is 25.0. The van der Waals surface area contributed by atoms with Crippen LogP contribution in [0.5, 0.6) is 11.5 Å². The molecule has 0 aliphatic heterocycles. The van der Waals surface area contributed by atoms with Gasteiger partial charge in [-0.1, -0.05) is 148 Å². The van der Waals surface area contributed by atoms with Gasteiger partial charge in [-0.15, -0.1) is 0 Å². The predicted molar refractivity (Wildman–Crippen MR) is 203 cm³/mol. The third-order valence-electron chi connectivity index (χ3n) is 8.74. The van der Waals surface area contributed by atoms with Crippen LogP contribution in [0.4, 0.5) is 0 Å². The van der Waals surface area contributed by atoms with E-state index in [9.17, 15) is 9.90 Å². The van der Waals surface area contributed by atoms with Crippen molar-refractivity contribution in [3.8, 4) is 67.9 Å². The average Bonchev–Trinajstić information content (AvgIpc) is 3.18. The summed E-state index contributed by atoms with van der Waals surface area (Å²) in [5, 5.41) is 11.3. The van der Waals surface area contributed by atoms with Gasteiger partial charge in [-0.3, -0.25) is 0 Å². The van der Waals surface area contributed by atoms with Gasteiger partial charge in [0.05, 0.1) is 12.2 Å². The van der Waals surface area contributed by atoms with Gasteiger partial charge in [0, 0.05) is 17.2 Å². The van der Waals surface area contributed by atoms with Gasteiger partial charge in [0.2, 0.25) is 0 Å². The molecule has 6 aromatic rings. The van der Waals surface area contributed by atoms with Crippen molar-refractivity contribution in [3.63, 3.8) is 0 Å². The van der Waals surface area contributed by atoms with E-state index >= 15 is 0 Å². The van der Waals surface area contributed by atoms with Crippen molar-refractivity contribution in [1.29, 1.82) is 0 Å². The molecule has 7 nitrogen and oxygen atoms in total. The molecule has 258 valence electrons. The van der Waals surface area contributed by atoms with Crippen LogP contribution in [0.1, 0.15) is 52.4 Å². The third kappa shape index (κ3) is 8.86. The number of benzene rings is 5. The van der Waals surface area contributed by atoms with Crippen molar-refractivity contribution < 1.29 is 19.4 Å². The van der Waals surface area contributed by atoms with Gasteiger partial charge in [0.1, 0.15) is 11.5 Å². The molecule has 0 fully saturated rings. The minimum absolute atomic E-state index is 0.0871. The minimum atomic E-state index is -0.838. The van der Waals surface area contributed by atoms with Crippen molar-refractivity contribution >= 4 is 5.97 Å². The van der Waals surface area contributed by atoms with Crippen LogP contribution in [-0.2, 0) is 9.53 Å². The molecule has 0 aliphatic carbocycles. The lowest BCUT2D eigenvalue weighted by molar-refractivity contribution is -0.151. The van der Waals surface area contributed by atoms with E-state index in [0.29, 0.717) is 35.4 Å². The van der Waals surface area contributed by atoms with Gasteiger partial charge in [-0.05, 0) is 47.7 Å². The first-order valence-corrected chi connectivity index (χ1v) is 17.7. The van der Waals surface area contributed by atoms with Crippen LogP contribution >= 0.6 is 0 Å². The standard InChI is InChI=1S/C44H43N3O4/c1-3-4-5-6-7-18-29-50-44(49)31(2)51-34-27-28-39(40(48)30-34)43-46-41(37-25-16-14-23-35(37)32-19-10-8-11-20-32)45-42(47-43)38-26-17-15-24-36(38)33-21-12-9-13-22-33/h8-17,19-28,30-31,48H,3-7,18,29H2,1-2H3. The number of rotatable bonds is 15.